The van der Waals surface area contributed by atoms with Crippen LogP contribution >= 0.6 is 0 Å². The normalized spacial score (nSPS) is 13.9. The van der Waals surface area contributed by atoms with Crippen molar-refractivity contribution >= 4 is 41.5 Å². The highest BCUT2D eigenvalue weighted by atomic mass is 16.4. The average molecular weight is 527 g/mol. The Morgan fingerprint density at radius 2 is 1.43 bits per heavy atom. The molecule has 1 rings (SSSR count). The summed E-state index contributed by atoms with van der Waals surface area (Å²) in [4.78, 5) is 89.4. The van der Waals surface area contributed by atoms with Gasteiger partial charge in [0.15, 0.2) is 0 Å². The number of amides is 5. The first-order chi connectivity index (χ1) is 17.3. The smallest absolute Gasteiger partial charge is 0.326 e. The minimum absolute atomic E-state index is 0.145. The van der Waals surface area contributed by atoms with Crippen LogP contribution in [0.3, 0.4) is 0 Å². The summed E-state index contributed by atoms with van der Waals surface area (Å²) in [6.07, 6.45) is 0.375. The van der Waals surface area contributed by atoms with E-state index in [9.17, 15) is 38.7 Å². The Morgan fingerprint density at radius 1 is 0.838 bits per heavy atom. The first kappa shape index (κ1) is 30.5. The molecule has 1 aromatic rings. The lowest BCUT2D eigenvalue weighted by molar-refractivity contribution is -0.142. The number of nitrogens with zero attached hydrogens (tertiary/aromatic N) is 1. The van der Waals surface area contributed by atoms with Crippen LogP contribution in [0.5, 0.6) is 0 Å². The summed E-state index contributed by atoms with van der Waals surface area (Å²) in [6.45, 7) is 0. The third-order valence-electron chi connectivity index (χ3n) is 4.95. The summed E-state index contributed by atoms with van der Waals surface area (Å²) in [5.41, 5.74) is 16.2. The van der Waals surface area contributed by atoms with Crippen molar-refractivity contribution in [3.8, 4) is 0 Å². The zero-order chi connectivity index (χ0) is 28.1. The van der Waals surface area contributed by atoms with E-state index < -0.39 is 84.9 Å². The fourth-order valence-electron chi connectivity index (χ4n) is 3.02. The molecule has 0 spiro atoms. The van der Waals surface area contributed by atoms with Gasteiger partial charge in [-0.1, -0.05) is 0 Å². The number of nitrogens with two attached hydrogens (primary N) is 3. The molecule has 4 atom stereocenters. The van der Waals surface area contributed by atoms with Crippen LogP contribution < -0.4 is 33.2 Å². The Labute approximate surface area is 209 Å². The SMILES string of the molecule is NC(=O)CCC(N)C(=O)NC(CCC(=O)O)C(=O)NC(CC(N)=O)C(=O)NC(Cc1cnc[nH]1)C(=O)O. The Bertz CT molecular complexity index is 998. The quantitative estimate of drug-likeness (QED) is 0.0937. The zero-order valence-corrected chi connectivity index (χ0v) is 19.6. The fraction of sp³-hybridized carbons (Fsp3) is 0.500. The standard InChI is InChI=1S/C20H30N8O9/c21-10(1-3-14(22)29)17(33)26-11(2-4-16(31)32)18(34)27-12(6-15(23)30)19(35)28-13(20(36)37)5-9-7-24-8-25-9/h7-8,10-13H,1-6,21H2,(H2,22,29)(H2,23,30)(H,24,25)(H,26,33)(H,27,34)(H,28,35)(H,31,32)(H,36,37). The summed E-state index contributed by atoms with van der Waals surface area (Å²) in [6, 6.07) is -5.88. The highest BCUT2D eigenvalue weighted by Crippen LogP contribution is 2.05. The molecule has 0 radical (unpaired) electrons. The number of carboxylic acid groups (broad SMARTS) is 2. The van der Waals surface area contributed by atoms with Crippen molar-refractivity contribution < 1.29 is 43.8 Å². The first-order valence-electron chi connectivity index (χ1n) is 10.9. The second-order valence-electron chi connectivity index (χ2n) is 8.02. The van der Waals surface area contributed by atoms with Crippen LogP contribution in [0.1, 0.15) is 37.8 Å². The maximum absolute atomic E-state index is 12.9. The summed E-state index contributed by atoms with van der Waals surface area (Å²) < 4.78 is 0. The van der Waals surface area contributed by atoms with Gasteiger partial charge >= 0.3 is 11.9 Å². The predicted octanol–water partition coefficient (Wildman–Crippen LogP) is -4.18. The fourth-order valence-corrected chi connectivity index (χ4v) is 3.02. The second kappa shape index (κ2) is 14.8. The number of carboxylic acids is 2. The molecule has 0 aliphatic rings. The van der Waals surface area contributed by atoms with Crippen molar-refractivity contribution in [2.75, 3.05) is 0 Å². The van der Waals surface area contributed by atoms with Crippen LogP contribution in [0.4, 0.5) is 0 Å². The minimum atomic E-state index is -1.65. The maximum Gasteiger partial charge on any atom is 0.326 e. The number of imidazole rings is 1. The van der Waals surface area contributed by atoms with Crippen molar-refractivity contribution in [2.45, 2.75) is 62.7 Å². The number of rotatable bonds is 17. The topological polar surface area (TPSA) is 303 Å². The van der Waals surface area contributed by atoms with Gasteiger partial charge in [-0.3, -0.25) is 28.8 Å². The van der Waals surface area contributed by atoms with Gasteiger partial charge in [0, 0.05) is 31.2 Å². The molecular weight excluding hydrogens is 496 g/mol. The van der Waals surface area contributed by atoms with Crippen LogP contribution in [0.15, 0.2) is 12.5 Å². The molecule has 0 saturated carbocycles. The van der Waals surface area contributed by atoms with Gasteiger partial charge < -0.3 is 48.3 Å². The third-order valence-corrected chi connectivity index (χ3v) is 4.95. The van der Waals surface area contributed by atoms with Crippen LogP contribution in [-0.2, 0) is 40.0 Å². The third kappa shape index (κ3) is 11.6. The predicted molar refractivity (Wildman–Crippen MR) is 123 cm³/mol. The first-order valence-corrected chi connectivity index (χ1v) is 10.9. The lowest BCUT2D eigenvalue weighted by Gasteiger charge is -2.24. The largest absolute Gasteiger partial charge is 0.481 e. The molecule has 0 aromatic carbocycles. The zero-order valence-electron chi connectivity index (χ0n) is 19.6. The van der Waals surface area contributed by atoms with E-state index >= 15 is 0 Å². The number of hydrogen-bond donors (Lipinski definition) is 9. The molecule has 17 nitrogen and oxygen atoms in total. The number of hydrogen-bond acceptors (Lipinski definition) is 9. The van der Waals surface area contributed by atoms with Crippen LogP contribution in [0, 0.1) is 0 Å². The molecule has 0 aliphatic heterocycles. The summed E-state index contributed by atoms with van der Waals surface area (Å²) in [5, 5.41) is 25.0. The van der Waals surface area contributed by atoms with E-state index in [0.717, 1.165) is 0 Å². The van der Waals surface area contributed by atoms with E-state index in [4.69, 9.17) is 22.3 Å². The van der Waals surface area contributed by atoms with Gasteiger partial charge in [0.2, 0.25) is 29.5 Å². The molecule has 0 bridgehead atoms. The maximum atomic E-state index is 12.9. The lowest BCUT2D eigenvalue weighted by Crippen LogP contribution is -2.58. The molecular formula is C20H30N8O9. The van der Waals surface area contributed by atoms with Crippen LogP contribution in [-0.4, -0.2) is 85.8 Å². The molecule has 37 heavy (non-hydrogen) atoms. The number of carbonyl (C=O) groups excluding carboxylic acids is 5. The van der Waals surface area contributed by atoms with Gasteiger partial charge in [-0.05, 0) is 12.8 Å². The van der Waals surface area contributed by atoms with E-state index in [1.165, 1.54) is 12.5 Å². The molecule has 1 aromatic heterocycles. The number of aliphatic carboxylic acids is 2. The van der Waals surface area contributed by atoms with Gasteiger partial charge in [0.25, 0.3) is 0 Å². The van der Waals surface area contributed by atoms with Gasteiger partial charge in [0.05, 0.1) is 18.8 Å². The average Bonchev–Trinajstić information content (AvgIpc) is 3.31. The van der Waals surface area contributed by atoms with E-state index in [1.807, 2.05) is 0 Å². The van der Waals surface area contributed by atoms with Crippen molar-refractivity contribution in [3.05, 3.63) is 18.2 Å². The molecule has 204 valence electrons. The van der Waals surface area contributed by atoms with Crippen LogP contribution in [0.2, 0.25) is 0 Å². The summed E-state index contributed by atoms with van der Waals surface area (Å²) in [7, 11) is 0. The molecule has 0 aliphatic carbocycles. The Kier molecular flexibility index (Phi) is 12.2. The number of nitrogens with one attached hydrogen (secondary N) is 4. The molecule has 5 amide bonds. The Balaban J connectivity index is 3.00. The monoisotopic (exact) mass is 526 g/mol. The molecule has 1 heterocycles. The van der Waals surface area contributed by atoms with Gasteiger partial charge in [0.1, 0.15) is 18.1 Å². The number of aromatic nitrogens is 2. The van der Waals surface area contributed by atoms with Gasteiger partial charge in [-0.25, -0.2) is 9.78 Å². The van der Waals surface area contributed by atoms with E-state index in [-0.39, 0.29) is 19.3 Å². The van der Waals surface area contributed by atoms with E-state index in [0.29, 0.717) is 5.69 Å². The van der Waals surface area contributed by atoms with Gasteiger partial charge in [-0.15, -0.1) is 0 Å². The molecule has 12 N–H and O–H groups in total. The van der Waals surface area contributed by atoms with Crippen molar-refractivity contribution in [1.29, 1.82) is 0 Å². The molecule has 17 heteroatoms. The Hall–Kier alpha value is -4.54. The van der Waals surface area contributed by atoms with E-state index in [2.05, 4.69) is 25.9 Å². The van der Waals surface area contributed by atoms with Crippen molar-refractivity contribution in [3.63, 3.8) is 0 Å². The summed E-state index contributed by atoms with van der Waals surface area (Å²) >= 11 is 0. The number of carbonyl (C=O) groups is 7. The number of primary amides is 2. The molecule has 0 fully saturated rings. The highest BCUT2D eigenvalue weighted by molar-refractivity contribution is 5.96. The van der Waals surface area contributed by atoms with E-state index in [1.54, 1.807) is 0 Å². The van der Waals surface area contributed by atoms with Crippen molar-refractivity contribution in [1.82, 2.24) is 25.9 Å². The van der Waals surface area contributed by atoms with Crippen molar-refractivity contribution in [2.24, 2.45) is 17.2 Å². The Morgan fingerprint density at radius 3 is 1.95 bits per heavy atom. The molecule has 0 saturated heterocycles. The number of H-pyrrole nitrogens is 1. The summed E-state index contributed by atoms with van der Waals surface area (Å²) in [5.74, 6) is -7.45. The highest BCUT2D eigenvalue weighted by Gasteiger charge is 2.31. The lowest BCUT2D eigenvalue weighted by atomic mass is 10.1. The minimum Gasteiger partial charge on any atom is -0.481 e. The second-order valence-corrected chi connectivity index (χ2v) is 8.02. The van der Waals surface area contributed by atoms with Crippen LogP contribution in [0.25, 0.3) is 0 Å². The molecule has 4 unspecified atom stereocenters. The number of aromatic amines is 1. The van der Waals surface area contributed by atoms with Gasteiger partial charge in [-0.2, -0.15) is 0 Å².